The van der Waals surface area contributed by atoms with Crippen LogP contribution in [0.2, 0.25) is 0 Å². The van der Waals surface area contributed by atoms with E-state index in [9.17, 15) is 0 Å². The fraction of sp³-hybridized carbons (Fsp3) is 1.00. The second-order valence-corrected chi connectivity index (χ2v) is 1.08. The summed E-state index contributed by atoms with van der Waals surface area (Å²) < 4.78 is 0. The van der Waals surface area contributed by atoms with Gasteiger partial charge in [0.1, 0.15) is 0 Å². The molecule has 0 saturated carbocycles. The predicted octanol–water partition coefficient (Wildman–Crippen LogP) is -1.71. The first kappa shape index (κ1) is 17.3. The van der Waals surface area contributed by atoms with Crippen LogP contribution < -0.4 is 5.32 Å². The van der Waals surface area contributed by atoms with Gasteiger partial charge in [-0.15, -0.1) is 0 Å². The van der Waals surface area contributed by atoms with Gasteiger partial charge in [0.25, 0.3) is 0 Å². The van der Waals surface area contributed by atoms with E-state index >= 15 is 0 Å². The average molecular weight is 169 g/mol. The van der Waals surface area contributed by atoms with E-state index in [1.54, 1.807) is 0 Å². The van der Waals surface area contributed by atoms with Crippen molar-refractivity contribution in [3.05, 3.63) is 0 Å². The third-order valence-corrected chi connectivity index (χ3v) is 0.539. The van der Waals surface area contributed by atoms with Crippen molar-refractivity contribution in [3.8, 4) is 0 Å². The molecule has 0 heterocycles. The van der Waals surface area contributed by atoms with Crippen LogP contribution in [0.15, 0.2) is 0 Å². The molecule has 2 N–H and O–H groups in total. The zero-order valence-electron chi connectivity index (χ0n) is 4.07. The molecule has 0 unspecified atom stereocenters. The number of hydrogen-bond acceptors (Lipinski definition) is 2. The molecule has 0 amide bonds. The zero-order valence-corrected chi connectivity index (χ0v) is 4.07. The van der Waals surface area contributed by atoms with Crippen molar-refractivity contribution in [1.29, 1.82) is 0 Å². The fourth-order valence-corrected chi connectivity index (χ4v) is 0.256. The number of hydrogen-bond donors (Lipinski definition) is 2. The predicted molar refractivity (Wildman–Crippen MR) is 39.9 cm³/mol. The van der Waals surface area contributed by atoms with Gasteiger partial charge in [-0.05, 0) is 6.54 Å². The van der Waals surface area contributed by atoms with Gasteiger partial charge in [-0.3, -0.25) is 0 Å². The van der Waals surface area contributed by atoms with Crippen LogP contribution in [0.1, 0.15) is 6.92 Å². The van der Waals surface area contributed by atoms with E-state index in [0.717, 1.165) is 13.1 Å². The number of aliphatic hydroxyl groups is 1. The van der Waals surface area contributed by atoms with E-state index in [0.29, 0.717) is 0 Å². The Balaban J connectivity index is -0.000000125. The Morgan fingerprint density at radius 1 is 1.38 bits per heavy atom. The average Bonchev–Trinajstić information content (AvgIpc) is 1.61. The Morgan fingerprint density at radius 2 is 1.88 bits per heavy atom. The number of aliphatic hydroxyl groups excluding tert-OH is 1. The summed E-state index contributed by atoms with van der Waals surface area (Å²) in [6.07, 6.45) is 0. The molecule has 42 valence electrons. The van der Waals surface area contributed by atoms with E-state index in [1.165, 1.54) is 0 Å². The van der Waals surface area contributed by atoms with E-state index < -0.39 is 0 Å². The van der Waals surface area contributed by atoms with Crippen LogP contribution in [-0.4, -0.2) is 128 Å². The molecule has 0 aromatic rings. The SMILES string of the molecule is CCNCCO.[KH].[KH]. The Labute approximate surface area is 136 Å². The van der Waals surface area contributed by atoms with Crippen molar-refractivity contribution in [2.24, 2.45) is 0 Å². The van der Waals surface area contributed by atoms with Crippen molar-refractivity contribution in [2.45, 2.75) is 6.92 Å². The second-order valence-electron chi connectivity index (χ2n) is 1.08. The molecule has 0 spiro atoms. The summed E-state index contributed by atoms with van der Waals surface area (Å²) in [4.78, 5) is 0. The topological polar surface area (TPSA) is 32.3 Å². The monoisotopic (exact) mass is 169 g/mol. The van der Waals surface area contributed by atoms with Gasteiger partial charge in [-0.1, -0.05) is 6.92 Å². The van der Waals surface area contributed by atoms with Crippen molar-refractivity contribution in [3.63, 3.8) is 0 Å². The van der Waals surface area contributed by atoms with Crippen LogP contribution in [0.5, 0.6) is 0 Å². The first-order chi connectivity index (χ1) is 2.91. The van der Waals surface area contributed by atoms with Gasteiger partial charge in [-0.2, -0.15) is 0 Å². The molecule has 0 saturated heterocycles. The van der Waals surface area contributed by atoms with Gasteiger partial charge in [0.2, 0.25) is 0 Å². The molecule has 0 aromatic heterocycles. The molecule has 0 aliphatic heterocycles. The second kappa shape index (κ2) is 16.6. The first-order valence-corrected chi connectivity index (χ1v) is 2.23. The quantitative estimate of drug-likeness (QED) is 0.390. The van der Waals surface area contributed by atoms with Gasteiger partial charge >= 0.3 is 103 Å². The normalized spacial score (nSPS) is 6.75. The van der Waals surface area contributed by atoms with Crippen LogP contribution in [0.4, 0.5) is 0 Å². The van der Waals surface area contributed by atoms with Crippen LogP contribution in [0, 0.1) is 0 Å². The molecule has 0 fully saturated rings. The van der Waals surface area contributed by atoms with Crippen molar-refractivity contribution < 1.29 is 5.11 Å². The van der Waals surface area contributed by atoms with Gasteiger partial charge in [0, 0.05) is 6.54 Å². The summed E-state index contributed by atoms with van der Waals surface area (Å²) in [5, 5.41) is 11.1. The van der Waals surface area contributed by atoms with Crippen LogP contribution in [0.3, 0.4) is 0 Å². The third kappa shape index (κ3) is 16.1. The zero-order chi connectivity index (χ0) is 4.83. The molecule has 2 nitrogen and oxygen atoms in total. The molecular formula is C4H13K2NO. The first-order valence-electron chi connectivity index (χ1n) is 2.23. The molecule has 4 heteroatoms. The molecule has 0 aliphatic rings. The number of nitrogens with one attached hydrogen (secondary N) is 1. The summed E-state index contributed by atoms with van der Waals surface area (Å²) in [5.74, 6) is 0. The molecule has 0 rings (SSSR count). The summed E-state index contributed by atoms with van der Waals surface area (Å²) in [6.45, 7) is 3.92. The summed E-state index contributed by atoms with van der Waals surface area (Å²) in [7, 11) is 0. The van der Waals surface area contributed by atoms with E-state index in [1.807, 2.05) is 6.92 Å². The molecule has 0 aliphatic carbocycles. The number of rotatable bonds is 3. The molecule has 0 radical (unpaired) electrons. The molecular weight excluding hydrogens is 156 g/mol. The summed E-state index contributed by atoms with van der Waals surface area (Å²) in [6, 6.07) is 0. The Kier molecular flexibility index (Phi) is 36.1. The molecule has 0 bridgehead atoms. The Bertz CT molecular complexity index is 26.0. The minimum absolute atomic E-state index is 0. The van der Waals surface area contributed by atoms with Crippen LogP contribution in [0.25, 0.3) is 0 Å². The van der Waals surface area contributed by atoms with E-state index in [-0.39, 0.29) is 109 Å². The van der Waals surface area contributed by atoms with Crippen molar-refractivity contribution in [1.82, 2.24) is 5.32 Å². The van der Waals surface area contributed by atoms with Gasteiger partial charge in [0.05, 0.1) is 6.61 Å². The number of likely N-dealkylation sites (N-methyl/N-ethyl adjacent to an activating group) is 1. The van der Waals surface area contributed by atoms with E-state index in [2.05, 4.69) is 5.32 Å². The van der Waals surface area contributed by atoms with Gasteiger partial charge in [-0.25, -0.2) is 0 Å². The molecule has 0 aromatic carbocycles. The minimum atomic E-state index is 0. The molecule has 8 heavy (non-hydrogen) atoms. The van der Waals surface area contributed by atoms with Crippen LogP contribution >= 0.6 is 0 Å². The van der Waals surface area contributed by atoms with Crippen molar-refractivity contribution in [2.75, 3.05) is 19.7 Å². The third-order valence-electron chi connectivity index (χ3n) is 0.539. The maximum atomic E-state index is 8.13. The van der Waals surface area contributed by atoms with Gasteiger partial charge in [0.15, 0.2) is 0 Å². The van der Waals surface area contributed by atoms with Crippen molar-refractivity contribution >= 4 is 103 Å². The van der Waals surface area contributed by atoms with Crippen LogP contribution in [-0.2, 0) is 0 Å². The maximum absolute atomic E-state index is 8.13. The molecule has 0 atom stereocenters. The summed E-state index contributed by atoms with van der Waals surface area (Å²) >= 11 is 0. The van der Waals surface area contributed by atoms with E-state index in [4.69, 9.17) is 5.11 Å². The Morgan fingerprint density at radius 3 is 2.00 bits per heavy atom. The Hall–Kier alpha value is 3.19. The fourth-order valence-electron chi connectivity index (χ4n) is 0.256. The standard InChI is InChI=1S/C4H11NO.2K.2H/c1-2-5-3-4-6;;;;/h5-6H,2-4H2,1H3;;;;. The summed E-state index contributed by atoms with van der Waals surface area (Å²) in [5.41, 5.74) is 0. The van der Waals surface area contributed by atoms with Gasteiger partial charge < -0.3 is 10.4 Å².